The first kappa shape index (κ1) is 13.9. The number of benzene rings is 2. The van der Waals surface area contributed by atoms with E-state index in [-0.39, 0.29) is 0 Å². The van der Waals surface area contributed by atoms with Crippen LogP contribution in [0.1, 0.15) is 22.9 Å². The molecule has 4 heteroatoms. The topological polar surface area (TPSA) is 38.1 Å². The predicted molar refractivity (Wildman–Crippen MR) is 83.8 cm³/mol. The Morgan fingerprint density at radius 3 is 2.57 bits per heavy atom. The molecule has 0 aliphatic rings. The van der Waals surface area contributed by atoms with Gasteiger partial charge in [-0.3, -0.25) is 0 Å². The van der Waals surface area contributed by atoms with Crippen molar-refractivity contribution in [2.45, 2.75) is 13.0 Å². The fourth-order valence-corrected chi connectivity index (χ4v) is 2.64. The highest BCUT2D eigenvalue weighted by molar-refractivity contribution is 6.30. The Labute approximate surface area is 128 Å². The van der Waals surface area contributed by atoms with Crippen LogP contribution >= 0.6 is 11.6 Å². The smallest absolute Gasteiger partial charge is 0.121 e. The molecule has 1 N–H and O–H groups in total. The fraction of sp³-hybridized carbons (Fsp3) is 0.118. The third-order valence-corrected chi connectivity index (χ3v) is 3.71. The molecular weight excluding hydrogens is 284 g/mol. The summed E-state index contributed by atoms with van der Waals surface area (Å²) in [7, 11) is 0. The van der Waals surface area contributed by atoms with E-state index in [0.717, 1.165) is 22.5 Å². The van der Waals surface area contributed by atoms with Crippen molar-refractivity contribution < 1.29 is 5.11 Å². The van der Waals surface area contributed by atoms with Gasteiger partial charge in [-0.05, 0) is 48.4 Å². The van der Waals surface area contributed by atoms with Crippen LogP contribution in [0.25, 0.3) is 5.69 Å². The summed E-state index contributed by atoms with van der Waals surface area (Å²) in [4.78, 5) is 0. The van der Waals surface area contributed by atoms with E-state index in [0.29, 0.717) is 5.02 Å². The van der Waals surface area contributed by atoms with Crippen LogP contribution in [0.5, 0.6) is 0 Å². The van der Waals surface area contributed by atoms with E-state index in [4.69, 9.17) is 11.6 Å². The Kier molecular flexibility index (Phi) is 3.78. The van der Waals surface area contributed by atoms with E-state index < -0.39 is 6.10 Å². The lowest BCUT2D eigenvalue weighted by molar-refractivity contribution is 0.211. The zero-order valence-electron chi connectivity index (χ0n) is 11.6. The first-order chi connectivity index (χ1) is 10.2. The highest BCUT2D eigenvalue weighted by Gasteiger charge is 2.18. The Hall–Kier alpha value is -2.10. The van der Waals surface area contributed by atoms with Crippen molar-refractivity contribution in [3.8, 4) is 5.69 Å². The van der Waals surface area contributed by atoms with Gasteiger partial charge in [-0.25, -0.2) is 4.68 Å². The van der Waals surface area contributed by atoms with Crippen LogP contribution in [-0.4, -0.2) is 14.9 Å². The Bertz CT molecular complexity index is 752. The Morgan fingerprint density at radius 1 is 1.10 bits per heavy atom. The molecule has 1 heterocycles. The number of aliphatic hydroxyl groups is 1. The number of rotatable bonds is 3. The molecule has 0 bridgehead atoms. The van der Waals surface area contributed by atoms with Crippen LogP contribution in [-0.2, 0) is 0 Å². The van der Waals surface area contributed by atoms with E-state index in [1.807, 2.05) is 55.5 Å². The zero-order chi connectivity index (χ0) is 14.8. The molecule has 0 fully saturated rings. The standard InChI is InChI=1S/C17H15ClN2O/c1-12-11-13(18)7-8-15(12)17(21)16-9-10-19-20(16)14-5-3-2-4-6-14/h2-11,17,21H,1H3. The lowest BCUT2D eigenvalue weighted by atomic mass is 10.0. The van der Waals surface area contributed by atoms with Gasteiger partial charge in [-0.2, -0.15) is 5.10 Å². The van der Waals surface area contributed by atoms with Gasteiger partial charge in [-0.15, -0.1) is 0 Å². The molecule has 106 valence electrons. The highest BCUT2D eigenvalue weighted by atomic mass is 35.5. The van der Waals surface area contributed by atoms with Crippen molar-refractivity contribution in [1.29, 1.82) is 0 Å². The summed E-state index contributed by atoms with van der Waals surface area (Å²) >= 11 is 5.97. The van der Waals surface area contributed by atoms with Crippen LogP contribution in [0.4, 0.5) is 0 Å². The molecule has 3 rings (SSSR count). The van der Waals surface area contributed by atoms with Crippen LogP contribution < -0.4 is 0 Å². The van der Waals surface area contributed by atoms with Gasteiger partial charge in [0.25, 0.3) is 0 Å². The maximum atomic E-state index is 10.7. The molecule has 1 atom stereocenters. The molecule has 3 nitrogen and oxygen atoms in total. The third kappa shape index (κ3) is 2.71. The van der Waals surface area contributed by atoms with Gasteiger partial charge in [0.1, 0.15) is 6.10 Å². The summed E-state index contributed by atoms with van der Waals surface area (Å²) in [5, 5.41) is 15.7. The summed E-state index contributed by atoms with van der Waals surface area (Å²) in [5.74, 6) is 0. The monoisotopic (exact) mass is 298 g/mol. The van der Waals surface area contributed by atoms with Gasteiger partial charge < -0.3 is 5.11 Å². The summed E-state index contributed by atoms with van der Waals surface area (Å²) in [5.41, 5.74) is 3.43. The fourth-order valence-electron chi connectivity index (χ4n) is 2.41. The first-order valence-electron chi connectivity index (χ1n) is 6.70. The molecule has 3 aromatic rings. The average Bonchev–Trinajstić information content (AvgIpc) is 2.97. The molecule has 21 heavy (non-hydrogen) atoms. The molecule has 0 aliphatic heterocycles. The van der Waals surface area contributed by atoms with Crippen molar-refractivity contribution in [3.05, 3.63) is 82.6 Å². The number of hydrogen-bond donors (Lipinski definition) is 1. The molecule has 0 saturated carbocycles. The number of hydrogen-bond acceptors (Lipinski definition) is 2. The van der Waals surface area contributed by atoms with Crippen LogP contribution in [0.15, 0.2) is 60.8 Å². The second-order valence-electron chi connectivity index (χ2n) is 4.91. The molecule has 1 unspecified atom stereocenters. The van der Waals surface area contributed by atoms with Gasteiger partial charge >= 0.3 is 0 Å². The molecule has 0 amide bonds. The first-order valence-corrected chi connectivity index (χ1v) is 7.08. The van der Waals surface area contributed by atoms with Crippen molar-refractivity contribution in [2.75, 3.05) is 0 Å². The van der Waals surface area contributed by atoms with Gasteiger partial charge in [0.2, 0.25) is 0 Å². The van der Waals surface area contributed by atoms with Crippen molar-refractivity contribution >= 4 is 11.6 Å². The highest BCUT2D eigenvalue weighted by Crippen LogP contribution is 2.27. The molecule has 0 aliphatic carbocycles. The number of para-hydroxylation sites is 1. The molecule has 0 spiro atoms. The van der Waals surface area contributed by atoms with Crippen LogP contribution in [0, 0.1) is 6.92 Å². The van der Waals surface area contributed by atoms with E-state index in [9.17, 15) is 5.11 Å². The van der Waals surface area contributed by atoms with E-state index in [1.54, 1.807) is 16.9 Å². The molecule has 1 aromatic heterocycles. The number of aliphatic hydroxyl groups excluding tert-OH is 1. The quantitative estimate of drug-likeness (QED) is 0.796. The summed E-state index contributed by atoms with van der Waals surface area (Å²) in [6.45, 7) is 1.94. The van der Waals surface area contributed by atoms with Crippen molar-refractivity contribution in [2.24, 2.45) is 0 Å². The molecule has 2 aromatic carbocycles. The SMILES string of the molecule is Cc1cc(Cl)ccc1C(O)c1ccnn1-c1ccccc1. The zero-order valence-corrected chi connectivity index (χ0v) is 12.3. The second kappa shape index (κ2) is 5.72. The second-order valence-corrected chi connectivity index (χ2v) is 5.34. The minimum atomic E-state index is -0.745. The normalized spacial score (nSPS) is 12.3. The predicted octanol–water partition coefficient (Wildman–Crippen LogP) is 3.92. The summed E-state index contributed by atoms with van der Waals surface area (Å²) in [6, 6.07) is 17.1. The number of aryl methyl sites for hydroxylation is 1. The van der Waals surface area contributed by atoms with Gasteiger partial charge in [0.15, 0.2) is 0 Å². The van der Waals surface area contributed by atoms with Crippen LogP contribution in [0.2, 0.25) is 5.02 Å². The summed E-state index contributed by atoms with van der Waals surface area (Å²) in [6.07, 6.45) is 0.946. The summed E-state index contributed by atoms with van der Waals surface area (Å²) < 4.78 is 1.75. The van der Waals surface area contributed by atoms with Crippen LogP contribution in [0.3, 0.4) is 0 Å². The van der Waals surface area contributed by atoms with Gasteiger partial charge in [0.05, 0.1) is 11.4 Å². The number of halogens is 1. The van der Waals surface area contributed by atoms with Crippen molar-refractivity contribution in [3.63, 3.8) is 0 Å². The lowest BCUT2D eigenvalue weighted by Gasteiger charge is -2.16. The number of aromatic nitrogens is 2. The molecule has 0 saturated heterocycles. The van der Waals surface area contributed by atoms with E-state index in [2.05, 4.69) is 5.10 Å². The number of nitrogens with zero attached hydrogens (tertiary/aromatic N) is 2. The van der Waals surface area contributed by atoms with Crippen molar-refractivity contribution in [1.82, 2.24) is 9.78 Å². The maximum absolute atomic E-state index is 10.7. The average molecular weight is 299 g/mol. The van der Waals surface area contributed by atoms with E-state index in [1.165, 1.54) is 0 Å². The van der Waals surface area contributed by atoms with E-state index >= 15 is 0 Å². The molecular formula is C17H15ClN2O. The Balaban J connectivity index is 2.03. The largest absolute Gasteiger partial charge is 0.382 e. The lowest BCUT2D eigenvalue weighted by Crippen LogP contribution is -2.09. The third-order valence-electron chi connectivity index (χ3n) is 3.48. The minimum absolute atomic E-state index is 0.667. The Morgan fingerprint density at radius 2 is 1.86 bits per heavy atom. The minimum Gasteiger partial charge on any atom is -0.382 e. The maximum Gasteiger partial charge on any atom is 0.121 e. The van der Waals surface area contributed by atoms with Gasteiger partial charge in [0, 0.05) is 11.2 Å². The molecule has 0 radical (unpaired) electrons. The van der Waals surface area contributed by atoms with Gasteiger partial charge in [-0.1, -0.05) is 35.9 Å².